The molecule has 110 valence electrons. The Kier molecular flexibility index (Phi) is 4.16. The number of aldehydes is 1. The van der Waals surface area contributed by atoms with Gasteiger partial charge in [-0.05, 0) is 25.5 Å². The van der Waals surface area contributed by atoms with Gasteiger partial charge < -0.3 is 4.90 Å². The van der Waals surface area contributed by atoms with Crippen LogP contribution in [0, 0.1) is 6.92 Å². The van der Waals surface area contributed by atoms with Gasteiger partial charge in [0.15, 0.2) is 6.29 Å². The average Bonchev–Trinajstić information content (AvgIpc) is 2.45. The van der Waals surface area contributed by atoms with Crippen molar-refractivity contribution in [2.75, 3.05) is 7.05 Å². The fourth-order valence-electron chi connectivity index (χ4n) is 2.36. The van der Waals surface area contributed by atoms with Crippen LogP contribution in [0.15, 0.2) is 18.2 Å². The molecule has 1 aliphatic heterocycles. The molecular weight excluding hydrogens is 272 g/mol. The summed E-state index contributed by atoms with van der Waals surface area (Å²) in [5.41, 5.74) is 1.42. The van der Waals surface area contributed by atoms with Gasteiger partial charge in [-0.25, -0.2) is 0 Å². The molecule has 2 rings (SSSR count). The van der Waals surface area contributed by atoms with E-state index >= 15 is 0 Å². The van der Waals surface area contributed by atoms with E-state index in [0.717, 1.165) is 5.56 Å². The molecule has 1 aromatic rings. The summed E-state index contributed by atoms with van der Waals surface area (Å²) in [6.07, 6.45) is 1.11. The van der Waals surface area contributed by atoms with E-state index in [2.05, 4.69) is 5.32 Å². The highest BCUT2D eigenvalue weighted by Crippen LogP contribution is 2.17. The summed E-state index contributed by atoms with van der Waals surface area (Å²) in [6.45, 7) is 1.82. The molecule has 0 saturated carbocycles. The van der Waals surface area contributed by atoms with Crippen molar-refractivity contribution in [2.24, 2.45) is 0 Å². The molecule has 3 amide bonds. The highest BCUT2D eigenvalue weighted by Gasteiger charge is 2.33. The van der Waals surface area contributed by atoms with Gasteiger partial charge in [0, 0.05) is 19.0 Å². The van der Waals surface area contributed by atoms with Crippen molar-refractivity contribution in [3.8, 4) is 0 Å². The van der Waals surface area contributed by atoms with E-state index < -0.39 is 17.9 Å². The monoisotopic (exact) mass is 288 g/mol. The summed E-state index contributed by atoms with van der Waals surface area (Å²) in [5.74, 6) is -1.23. The van der Waals surface area contributed by atoms with Gasteiger partial charge in [-0.3, -0.25) is 24.5 Å². The Hall–Kier alpha value is -2.50. The van der Waals surface area contributed by atoms with Crippen LogP contribution in [-0.2, 0) is 9.59 Å². The van der Waals surface area contributed by atoms with E-state index in [0.29, 0.717) is 11.8 Å². The maximum Gasteiger partial charge on any atom is 0.255 e. The van der Waals surface area contributed by atoms with Gasteiger partial charge in [0.1, 0.15) is 6.04 Å². The SMILES string of the molecule is Cc1ccc(C(=O)N(C)C2CCC(=O)NC2=O)c(C=O)c1. The Labute approximate surface area is 122 Å². The molecule has 1 aliphatic rings. The average molecular weight is 288 g/mol. The largest absolute Gasteiger partial charge is 0.330 e. The van der Waals surface area contributed by atoms with Gasteiger partial charge in [-0.2, -0.15) is 0 Å². The van der Waals surface area contributed by atoms with Crippen LogP contribution in [-0.4, -0.2) is 42.0 Å². The fraction of sp³-hybridized carbons (Fsp3) is 0.333. The van der Waals surface area contributed by atoms with E-state index in [9.17, 15) is 19.2 Å². The third kappa shape index (κ3) is 2.99. The molecule has 6 nitrogen and oxygen atoms in total. The first kappa shape index (κ1) is 14.9. The number of nitrogens with zero attached hydrogens (tertiary/aromatic N) is 1. The number of benzene rings is 1. The lowest BCUT2D eigenvalue weighted by atomic mass is 10.0. The molecule has 1 fully saturated rings. The minimum atomic E-state index is -0.698. The minimum absolute atomic E-state index is 0.197. The number of hydrogen-bond donors (Lipinski definition) is 1. The summed E-state index contributed by atoms with van der Waals surface area (Å²) < 4.78 is 0. The number of carbonyl (C=O) groups excluding carboxylic acids is 4. The van der Waals surface area contributed by atoms with Gasteiger partial charge in [0.2, 0.25) is 11.8 Å². The Morgan fingerprint density at radius 1 is 1.38 bits per heavy atom. The maximum atomic E-state index is 12.5. The van der Waals surface area contributed by atoms with E-state index in [1.54, 1.807) is 18.2 Å². The molecular formula is C15H16N2O4. The van der Waals surface area contributed by atoms with Crippen molar-refractivity contribution in [2.45, 2.75) is 25.8 Å². The zero-order chi connectivity index (χ0) is 15.6. The normalized spacial score (nSPS) is 18.1. The Balaban J connectivity index is 2.25. The third-order valence-corrected chi connectivity index (χ3v) is 3.56. The molecule has 1 saturated heterocycles. The number of piperidine rings is 1. The van der Waals surface area contributed by atoms with Crippen molar-refractivity contribution in [1.82, 2.24) is 10.2 Å². The smallest absolute Gasteiger partial charge is 0.255 e. The number of carbonyl (C=O) groups is 4. The topological polar surface area (TPSA) is 83.6 Å². The Bertz CT molecular complexity index is 624. The molecule has 1 aromatic carbocycles. The van der Waals surface area contributed by atoms with Gasteiger partial charge in [-0.1, -0.05) is 11.6 Å². The lowest BCUT2D eigenvalue weighted by Crippen LogP contribution is -2.53. The van der Waals surface area contributed by atoms with E-state index in [4.69, 9.17) is 0 Å². The van der Waals surface area contributed by atoms with Gasteiger partial charge in [0.25, 0.3) is 5.91 Å². The molecule has 1 unspecified atom stereocenters. The van der Waals surface area contributed by atoms with E-state index in [1.165, 1.54) is 11.9 Å². The van der Waals surface area contributed by atoms with Gasteiger partial charge in [-0.15, -0.1) is 0 Å². The first-order valence-electron chi connectivity index (χ1n) is 6.60. The summed E-state index contributed by atoms with van der Waals surface area (Å²) >= 11 is 0. The molecule has 0 aliphatic carbocycles. The van der Waals surface area contributed by atoms with E-state index in [-0.39, 0.29) is 24.3 Å². The standard InChI is InChI=1S/C15H16N2O4/c1-9-3-4-11(10(7-9)8-18)15(21)17(2)12-5-6-13(19)16-14(12)20/h3-4,7-8,12H,5-6H2,1-2H3,(H,16,19,20). The van der Waals surface area contributed by atoms with Crippen LogP contribution < -0.4 is 5.32 Å². The summed E-state index contributed by atoms with van der Waals surface area (Å²) in [6, 6.07) is 4.23. The highest BCUT2D eigenvalue weighted by molar-refractivity contribution is 6.06. The second kappa shape index (κ2) is 5.87. The minimum Gasteiger partial charge on any atom is -0.330 e. The predicted molar refractivity (Wildman–Crippen MR) is 74.8 cm³/mol. The van der Waals surface area contributed by atoms with Crippen molar-refractivity contribution in [3.63, 3.8) is 0 Å². The lowest BCUT2D eigenvalue weighted by Gasteiger charge is -2.30. The highest BCUT2D eigenvalue weighted by atomic mass is 16.2. The molecule has 1 heterocycles. The van der Waals surface area contributed by atoms with Crippen LogP contribution in [0.25, 0.3) is 0 Å². The molecule has 0 bridgehead atoms. The summed E-state index contributed by atoms with van der Waals surface area (Å²) in [4.78, 5) is 47.8. The quantitative estimate of drug-likeness (QED) is 0.655. The third-order valence-electron chi connectivity index (χ3n) is 3.56. The van der Waals surface area contributed by atoms with Crippen molar-refractivity contribution < 1.29 is 19.2 Å². The number of imide groups is 1. The van der Waals surface area contributed by atoms with Crippen molar-refractivity contribution >= 4 is 24.0 Å². The van der Waals surface area contributed by atoms with Crippen molar-refractivity contribution in [1.29, 1.82) is 0 Å². The first-order valence-corrected chi connectivity index (χ1v) is 6.60. The zero-order valence-corrected chi connectivity index (χ0v) is 11.9. The summed E-state index contributed by atoms with van der Waals surface area (Å²) in [7, 11) is 1.50. The van der Waals surface area contributed by atoms with Crippen molar-refractivity contribution in [3.05, 3.63) is 34.9 Å². The van der Waals surface area contributed by atoms with Crippen LogP contribution in [0.2, 0.25) is 0 Å². The number of aryl methyl sites for hydroxylation is 1. The molecule has 21 heavy (non-hydrogen) atoms. The predicted octanol–water partition coefficient (Wildman–Crippen LogP) is 0.685. The van der Waals surface area contributed by atoms with Crippen LogP contribution >= 0.6 is 0 Å². The van der Waals surface area contributed by atoms with E-state index in [1.807, 2.05) is 6.92 Å². The number of rotatable bonds is 3. The molecule has 0 spiro atoms. The van der Waals surface area contributed by atoms with Crippen LogP contribution in [0.3, 0.4) is 0 Å². The second-order valence-corrected chi connectivity index (χ2v) is 5.09. The molecule has 1 N–H and O–H groups in total. The van der Waals surface area contributed by atoms with Crippen LogP contribution in [0.5, 0.6) is 0 Å². The molecule has 1 atom stereocenters. The Morgan fingerprint density at radius 2 is 2.10 bits per heavy atom. The number of nitrogens with one attached hydrogen (secondary N) is 1. The van der Waals surface area contributed by atoms with Gasteiger partial charge in [0.05, 0.1) is 5.56 Å². The molecule has 6 heteroatoms. The summed E-state index contributed by atoms with van der Waals surface area (Å²) in [5, 5.41) is 2.21. The van der Waals surface area contributed by atoms with Crippen LogP contribution in [0.1, 0.15) is 39.1 Å². The van der Waals surface area contributed by atoms with Gasteiger partial charge >= 0.3 is 0 Å². The van der Waals surface area contributed by atoms with Crippen LogP contribution in [0.4, 0.5) is 0 Å². The number of hydrogen-bond acceptors (Lipinski definition) is 4. The Morgan fingerprint density at radius 3 is 2.71 bits per heavy atom. The number of likely N-dealkylation sites (N-methyl/N-ethyl adjacent to an activating group) is 1. The number of amides is 3. The molecule has 0 aromatic heterocycles. The zero-order valence-electron chi connectivity index (χ0n) is 11.9. The second-order valence-electron chi connectivity index (χ2n) is 5.09. The first-order chi connectivity index (χ1) is 9.93. The fourth-order valence-corrected chi connectivity index (χ4v) is 2.36. The maximum absolute atomic E-state index is 12.5. The molecule has 0 radical (unpaired) electrons. The lowest BCUT2D eigenvalue weighted by molar-refractivity contribution is -0.136.